The molecule has 6 nitrogen and oxygen atoms in total. The number of hydrogen-bond donors (Lipinski definition) is 2. The topological polar surface area (TPSA) is 94.6 Å². The number of ether oxygens (including phenoxy) is 1. The van der Waals surface area contributed by atoms with Gasteiger partial charge in [-0.2, -0.15) is 0 Å². The number of allylic oxidation sites excluding steroid dienone is 1. The molecule has 35 heavy (non-hydrogen) atoms. The Labute approximate surface area is 204 Å². The number of rotatable bonds is 7. The third-order valence-electron chi connectivity index (χ3n) is 5.88. The van der Waals surface area contributed by atoms with Gasteiger partial charge in [-0.1, -0.05) is 35.9 Å². The molecular formula is C29H28N2O4. The van der Waals surface area contributed by atoms with Crippen LogP contribution in [0.5, 0.6) is 5.75 Å². The Morgan fingerprint density at radius 1 is 1.09 bits per heavy atom. The Balaban J connectivity index is 1.75. The summed E-state index contributed by atoms with van der Waals surface area (Å²) in [5.74, 6) is -0.195. The van der Waals surface area contributed by atoms with E-state index in [2.05, 4.69) is 36.5 Å². The molecule has 0 radical (unpaired) electrons. The van der Waals surface area contributed by atoms with Crippen molar-refractivity contribution in [2.75, 3.05) is 11.9 Å². The number of nitrogens with two attached hydrogens (primary N) is 1. The van der Waals surface area contributed by atoms with E-state index in [9.17, 15) is 9.59 Å². The molecule has 4 rings (SSSR count). The van der Waals surface area contributed by atoms with E-state index >= 15 is 0 Å². The number of aryl methyl sites for hydroxylation is 2. The lowest BCUT2D eigenvalue weighted by molar-refractivity contribution is -0.111. The highest BCUT2D eigenvalue weighted by Crippen LogP contribution is 2.40. The van der Waals surface area contributed by atoms with Gasteiger partial charge in [0.05, 0.1) is 12.9 Å². The fourth-order valence-electron chi connectivity index (χ4n) is 4.10. The molecule has 2 amide bonds. The molecule has 3 N–H and O–H groups in total. The number of nitrogens with one attached hydrogen (secondary N) is 1. The Kier molecular flexibility index (Phi) is 6.73. The number of benzene rings is 3. The molecule has 178 valence electrons. The van der Waals surface area contributed by atoms with Crippen molar-refractivity contribution in [3.8, 4) is 16.9 Å². The quantitative estimate of drug-likeness (QED) is 0.313. The van der Waals surface area contributed by atoms with E-state index in [1.165, 1.54) is 11.6 Å². The van der Waals surface area contributed by atoms with Crippen LogP contribution >= 0.6 is 0 Å². The first-order valence-electron chi connectivity index (χ1n) is 11.4. The fourth-order valence-corrected chi connectivity index (χ4v) is 4.10. The molecule has 0 fully saturated rings. The number of anilines is 1. The molecule has 6 heteroatoms. The average molecular weight is 469 g/mol. The predicted octanol–water partition coefficient (Wildman–Crippen LogP) is 6.26. The number of amides is 2. The molecule has 1 aromatic heterocycles. The Morgan fingerprint density at radius 3 is 2.51 bits per heavy atom. The third-order valence-corrected chi connectivity index (χ3v) is 5.88. The first-order chi connectivity index (χ1) is 16.8. The summed E-state index contributed by atoms with van der Waals surface area (Å²) in [6, 6.07) is 16.8. The van der Waals surface area contributed by atoms with Gasteiger partial charge in [-0.05, 0) is 63.1 Å². The molecular weight excluding hydrogens is 440 g/mol. The highest BCUT2D eigenvalue weighted by atomic mass is 16.5. The molecule has 0 aliphatic heterocycles. The maximum absolute atomic E-state index is 12.8. The minimum atomic E-state index is -0.553. The van der Waals surface area contributed by atoms with Crippen LogP contribution < -0.4 is 15.8 Å². The average Bonchev–Trinajstić information content (AvgIpc) is 3.25. The number of carbonyl (C=O) groups excluding carboxylic acids is 2. The van der Waals surface area contributed by atoms with E-state index in [0.29, 0.717) is 23.6 Å². The van der Waals surface area contributed by atoms with Gasteiger partial charge in [0.1, 0.15) is 11.3 Å². The van der Waals surface area contributed by atoms with Gasteiger partial charge in [0.2, 0.25) is 11.8 Å². The minimum Gasteiger partial charge on any atom is -0.493 e. The van der Waals surface area contributed by atoms with Gasteiger partial charge in [-0.3, -0.25) is 9.59 Å². The molecule has 0 saturated carbocycles. The van der Waals surface area contributed by atoms with Crippen LogP contribution in [-0.4, -0.2) is 18.4 Å². The van der Waals surface area contributed by atoms with Crippen LogP contribution in [0.4, 0.5) is 5.69 Å². The van der Waals surface area contributed by atoms with Crippen LogP contribution in [0.15, 0.2) is 71.4 Å². The number of carbonyl (C=O) groups is 2. The van der Waals surface area contributed by atoms with Crippen molar-refractivity contribution in [3.05, 3.63) is 89.2 Å². The molecule has 4 aromatic rings. The molecule has 0 saturated heterocycles. The van der Waals surface area contributed by atoms with Crippen molar-refractivity contribution >= 4 is 34.0 Å². The Morgan fingerprint density at radius 2 is 1.83 bits per heavy atom. The van der Waals surface area contributed by atoms with Crippen molar-refractivity contribution in [1.82, 2.24) is 0 Å². The smallest absolute Gasteiger partial charge is 0.248 e. The van der Waals surface area contributed by atoms with Crippen LogP contribution in [-0.2, 0) is 4.79 Å². The summed E-state index contributed by atoms with van der Waals surface area (Å²) in [6.45, 7) is 8.28. The first-order valence-corrected chi connectivity index (χ1v) is 11.4. The fraction of sp³-hybridized carbons (Fsp3) is 0.172. The van der Waals surface area contributed by atoms with Crippen LogP contribution in [0.3, 0.4) is 0 Å². The highest BCUT2D eigenvalue weighted by Gasteiger charge is 2.19. The van der Waals surface area contributed by atoms with Crippen molar-refractivity contribution in [2.45, 2.75) is 27.7 Å². The van der Waals surface area contributed by atoms with E-state index in [1.54, 1.807) is 30.5 Å². The van der Waals surface area contributed by atoms with E-state index in [1.807, 2.05) is 26.8 Å². The minimum absolute atomic E-state index is 0.324. The van der Waals surface area contributed by atoms with Crippen LogP contribution in [0.2, 0.25) is 0 Å². The summed E-state index contributed by atoms with van der Waals surface area (Å²) in [5.41, 5.74) is 12.6. The normalized spacial score (nSPS) is 11.5. The summed E-state index contributed by atoms with van der Waals surface area (Å²) in [7, 11) is 0. The van der Waals surface area contributed by atoms with Gasteiger partial charge in [0.15, 0.2) is 0 Å². The van der Waals surface area contributed by atoms with Gasteiger partial charge in [-0.15, -0.1) is 0 Å². The second-order valence-electron chi connectivity index (χ2n) is 8.47. The standard InChI is InChI=1S/C29H28N2O4/c1-5-34-27-19(4)28-24(25(16-35-28)20-11-9-17(2)10-12-20)15-23(27)18(3)13-26(32)31-22-8-6-7-21(14-22)29(30)33/h6-16H,5H2,1-4H3,(H2,30,33)(H,31,32)/b18-13+. The zero-order valence-electron chi connectivity index (χ0n) is 20.3. The van der Waals surface area contributed by atoms with Crippen LogP contribution in [0, 0.1) is 13.8 Å². The second-order valence-corrected chi connectivity index (χ2v) is 8.47. The van der Waals surface area contributed by atoms with Gasteiger partial charge in [-0.25, -0.2) is 0 Å². The number of furan rings is 1. The maximum atomic E-state index is 12.8. The molecule has 0 atom stereocenters. The molecule has 3 aromatic carbocycles. The molecule has 0 spiro atoms. The van der Waals surface area contributed by atoms with Crippen molar-refractivity contribution < 1.29 is 18.7 Å². The lowest BCUT2D eigenvalue weighted by atomic mass is 9.96. The van der Waals surface area contributed by atoms with Crippen LogP contribution in [0.1, 0.15) is 40.9 Å². The van der Waals surface area contributed by atoms with E-state index in [4.69, 9.17) is 14.9 Å². The number of primary amides is 1. The Hall–Kier alpha value is -4.32. The SMILES string of the molecule is CCOc1c(/C(C)=C/C(=O)Nc2cccc(C(N)=O)c2)cc2c(-c3ccc(C)cc3)coc2c1C. The lowest BCUT2D eigenvalue weighted by Gasteiger charge is -2.15. The predicted molar refractivity (Wildman–Crippen MR) is 140 cm³/mol. The number of fused-ring (bicyclic) bond motifs is 1. The van der Waals surface area contributed by atoms with Crippen molar-refractivity contribution in [2.24, 2.45) is 5.73 Å². The highest BCUT2D eigenvalue weighted by molar-refractivity contribution is 6.06. The summed E-state index contributed by atoms with van der Waals surface area (Å²) in [4.78, 5) is 24.2. The van der Waals surface area contributed by atoms with Gasteiger partial charge >= 0.3 is 0 Å². The first kappa shape index (κ1) is 23.8. The summed E-state index contributed by atoms with van der Waals surface area (Å²) in [6.07, 6.45) is 3.28. The van der Waals surface area contributed by atoms with Gasteiger partial charge < -0.3 is 20.2 Å². The summed E-state index contributed by atoms with van der Waals surface area (Å²) >= 11 is 0. The Bertz CT molecular complexity index is 1450. The van der Waals surface area contributed by atoms with E-state index in [-0.39, 0.29) is 5.91 Å². The summed E-state index contributed by atoms with van der Waals surface area (Å²) < 4.78 is 11.9. The summed E-state index contributed by atoms with van der Waals surface area (Å²) in [5, 5.41) is 3.75. The largest absolute Gasteiger partial charge is 0.493 e. The van der Waals surface area contributed by atoms with E-state index in [0.717, 1.165) is 38.8 Å². The van der Waals surface area contributed by atoms with Gasteiger partial charge in [0.25, 0.3) is 0 Å². The van der Waals surface area contributed by atoms with Crippen molar-refractivity contribution in [1.29, 1.82) is 0 Å². The zero-order chi connectivity index (χ0) is 25.1. The molecule has 0 unspecified atom stereocenters. The zero-order valence-corrected chi connectivity index (χ0v) is 20.3. The van der Waals surface area contributed by atoms with Crippen LogP contribution in [0.25, 0.3) is 27.7 Å². The monoisotopic (exact) mass is 468 g/mol. The molecule has 0 aliphatic carbocycles. The van der Waals surface area contributed by atoms with Crippen molar-refractivity contribution in [3.63, 3.8) is 0 Å². The molecule has 1 heterocycles. The number of hydrogen-bond acceptors (Lipinski definition) is 4. The lowest BCUT2D eigenvalue weighted by Crippen LogP contribution is -2.13. The molecule has 0 bridgehead atoms. The second kappa shape index (κ2) is 9.89. The molecule has 0 aliphatic rings. The van der Waals surface area contributed by atoms with E-state index < -0.39 is 5.91 Å². The third kappa shape index (κ3) is 4.96. The van der Waals surface area contributed by atoms with Gasteiger partial charge in [0, 0.05) is 39.4 Å². The maximum Gasteiger partial charge on any atom is 0.248 e.